The second-order valence-electron chi connectivity index (χ2n) is 4.12. The van der Waals surface area contributed by atoms with E-state index in [9.17, 15) is 0 Å². The minimum atomic E-state index is 0.612. The first-order valence-electron chi connectivity index (χ1n) is 5.81. The van der Waals surface area contributed by atoms with Crippen LogP contribution in [0.25, 0.3) is 0 Å². The number of hydrogen-bond donors (Lipinski definition) is 1. The molecule has 0 saturated heterocycles. The summed E-state index contributed by atoms with van der Waals surface area (Å²) in [6.07, 6.45) is 4.22. The molecule has 0 atom stereocenters. The zero-order valence-electron chi connectivity index (χ0n) is 9.63. The van der Waals surface area contributed by atoms with Gasteiger partial charge in [0.05, 0.1) is 6.54 Å². The largest absolute Gasteiger partial charge is 0.353 e. The van der Waals surface area contributed by atoms with Crippen molar-refractivity contribution in [1.29, 1.82) is 0 Å². The molecule has 1 fully saturated rings. The summed E-state index contributed by atoms with van der Waals surface area (Å²) in [6.45, 7) is 3.60. The van der Waals surface area contributed by atoms with Crippen LogP contribution in [-0.4, -0.2) is 24.1 Å². The molecule has 1 saturated carbocycles. The Kier molecular flexibility index (Phi) is 2.76. The SMILES string of the molecule is CCn1cnnc1CNc1nc(C2CC2)ns1. The summed E-state index contributed by atoms with van der Waals surface area (Å²) < 4.78 is 6.36. The van der Waals surface area contributed by atoms with Crippen LogP contribution in [0.15, 0.2) is 6.33 Å². The lowest BCUT2D eigenvalue weighted by Gasteiger charge is -2.03. The van der Waals surface area contributed by atoms with Gasteiger partial charge in [-0.05, 0) is 19.8 Å². The van der Waals surface area contributed by atoms with Crippen molar-refractivity contribution in [3.8, 4) is 0 Å². The molecule has 0 radical (unpaired) electrons. The predicted octanol–water partition coefficient (Wildman–Crippen LogP) is 1.64. The third kappa shape index (κ3) is 2.28. The van der Waals surface area contributed by atoms with Crippen molar-refractivity contribution in [2.45, 2.75) is 38.8 Å². The summed E-state index contributed by atoms with van der Waals surface area (Å²) in [6, 6.07) is 0. The summed E-state index contributed by atoms with van der Waals surface area (Å²) >= 11 is 1.42. The molecule has 3 rings (SSSR count). The third-order valence-corrected chi connectivity index (χ3v) is 3.51. The fourth-order valence-corrected chi connectivity index (χ4v) is 2.29. The van der Waals surface area contributed by atoms with Gasteiger partial charge < -0.3 is 9.88 Å². The van der Waals surface area contributed by atoms with Crippen LogP contribution < -0.4 is 5.32 Å². The summed E-state index contributed by atoms with van der Waals surface area (Å²) in [5, 5.41) is 12.1. The van der Waals surface area contributed by atoms with Crippen LogP contribution in [0.1, 0.15) is 37.3 Å². The second-order valence-corrected chi connectivity index (χ2v) is 4.87. The van der Waals surface area contributed by atoms with E-state index in [-0.39, 0.29) is 0 Å². The van der Waals surface area contributed by atoms with Crippen LogP contribution in [0.3, 0.4) is 0 Å². The molecular weight excluding hydrogens is 236 g/mol. The molecule has 2 aromatic heterocycles. The molecule has 0 spiro atoms. The summed E-state index contributed by atoms with van der Waals surface area (Å²) in [5.74, 6) is 2.53. The lowest BCUT2D eigenvalue weighted by Crippen LogP contribution is -2.07. The first kappa shape index (κ1) is 10.6. The van der Waals surface area contributed by atoms with Crippen molar-refractivity contribution < 1.29 is 0 Å². The van der Waals surface area contributed by atoms with E-state index in [2.05, 4.69) is 31.8 Å². The van der Waals surface area contributed by atoms with Crippen molar-refractivity contribution in [2.75, 3.05) is 5.32 Å². The molecule has 7 heteroatoms. The molecule has 2 heterocycles. The number of hydrogen-bond acceptors (Lipinski definition) is 6. The highest BCUT2D eigenvalue weighted by molar-refractivity contribution is 7.09. The van der Waals surface area contributed by atoms with E-state index in [1.54, 1.807) is 6.33 Å². The maximum atomic E-state index is 4.47. The molecule has 17 heavy (non-hydrogen) atoms. The lowest BCUT2D eigenvalue weighted by atomic mass is 10.4. The molecule has 0 aromatic carbocycles. The van der Waals surface area contributed by atoms with Crippen LogP contribution in [0.4, 0.5) is 5.13 Å². The van der Waals surface area contributed by atoms with E-state index >= 15 is 0 Å². The number of nitrogens with zero attached hydrogens (tertiary/aromatic N) is 5. The molecule has 2 aromatic rings. The Morgan fingerprint density at radius 1 is 1.53 bits per heavy atom. The molecule has 1 aliphatic rings. The van der Waals surface area contributed by atoms with E-state index in [1.165, 1.54) is 24.4 Å². The van der Waals surface area contributed by atoms with Crippen molar-refractivity contribution in [3.05, 3.63) is 18.0 Å². The molecule has 0 aliphatic heterocycles. The van der Waals surface area contributed by atoms with Gasteiger partial charge in [-0.15, -0.1) is 10.2 Å². The monoisotopic (exact) mass is 250 g/mol. The first-order chi connectivity index (χ1) is 8.36. The Balaban J connectivity index is 1.62. The van der Waals surface area contributed by atoms with Gasteiger partial charge in [0.1, 0.15) is 12.2 Å². The quantitative estimate of drug-likeness (QED) is 0.873. The third-order valence-electron chi connectivity index (χ3n) is 2.82. The van der Waals surface area contributed by atoms with Crippen molar-refractivity contribution in [2.24, 2.45) is 0 Å². The van der Waals surface area contributed by atoms with Crippen LogP contribution in [0.5, 0.6) is 0 Å². The minimum absolute atomic E-state index is 0.612. The van der Waals surface area contributed by atoms with Gasteiger partial charge in [-0.3, -0.25) is 0 Å². The average molecular weight is 250 g/mol. The second kappa shape index (κ2) is 4.40. The molecular formula is C10H14N6S. The van der Waals surface area contributed by atoms with Gasteiger partial charge in [0.25, 0.3) is 0 Å². The van der Waals surface area contributed by atoms with E-state index < -0.39 is 0 Å². The van der Waals surface area contributed by atoms with Gasteiger partial charge in [0.15, 0.2) is 5.82 Å². The highest BCUT2D eigenvalue weighted by atomic mass is 32.1. The average Bonchev–Trinajstić information content (AvgIpc) is 2.93. The molecule has 0 unspecified atom stereocenters. The van der Waals surface area contributed by atoms with Crippen molar-refractivity contribution in [1.82, 2.24) is 24.1 Å². The normalized spacial score (nSPS) is 15.1. The standard InChI is InChI=1S/C10H14N6S/c1-2-16-6-12-14-8(16)5-11-10-13-9(15-17-10)7-3-4-7/h6-7H,2-5H2,1H3,(H,11,13,15). The fourth-order valence-electron chi connectivity index (χ4n) is 1.65. The van der Waals surface area contributed by atoms with Gasteiger partial charge in [-0.1, -0.05) is 0 Å². The van der Waals surface area contributed by atoms with Gasteiger partial charge in [-0.25, -0.2) is 4.98 Å². The Hall–Kier alpha value is -1.50. The topological polar surface area (TPSA) is 68.5 Å². The van der Waals surface area contributed by atoms with Crippen LogP contribution >= 0.6 is 11.5 Å². The van der Waals surface area contributed by atoms with E-state index in [0.29, 0.717) is 12.5 Å². The molecule has 1 N–H and O–H groups in total. The van der Waals surface area contributed by atoms with E-state index in [0.717, 1.165) is 23.3 Å². The Labute approximate surface area is 103 Å². The molecule has 0 amide bonds. The Morgan fingerprint density at radius 3 is 3.18 bits per heavy atom. The zero-order chi connectivity index (χ0) is 11.7. The van der Waals surface area contributed by atoms with Crippen LogP contribution in [0, 0.1) is 0 Å². The number of anilines is 1. The van der Waals surface area contributed by atoms with E-state index in [4.69, 9.17) is 0 Å². The van der Waals surface area contributed by atoms with Crippen LogP contribution in [0.2, 0.25) is 0 Å². The van der Waals surface area contributed by atoms with Gasteiger partial charge >= 0.3 is 0 Å². The summed E-state index contributed by atoms with van der Waals surface area (Å²) in [7, 11) is 0. The Morgan fingerprint density at radius 2 is 2.41 bits per heavy atom. The van der Waals surface area contributed by atoms with E-state index in [1.807, 2.05) is 4.57 Å². The first-order valence-corrected chi connectivity index (χ1v) is 6.58. The predicted molar refractivity (Wildman–Crippen MR) is 64.9 cm³/mol. The maximum Gasteiger partial charge on any atom is 0.202 e. The smallest absolute Gasteiger partial charge is 0.202 e. The summed E-state index contributed by atoms with van der Waals surface area (Å²) in [4.78, 5) is 4.47. The maximum absolute atomic E-state index is 4.47. The highest BCUT2D eigenvalue weighted by Crippen LogP contribution is 2.39. The number of aromatic nitrogens is 5. The Bertz CT molecular complexity index is 500. The highest BCUT2D eigenvalue weighted by Gasteiger charge is 2.27. The van der Waals surface area contributed by atoms with Gasteiger partial charge in [0.2, 0.25) is 5.13 Å². The number of rotatable bonds is 5. The van der Waals surface area contributed by atoms with Crippen LogP contribution in [-0.2, 0) is 13.1 Å². The molecule has 90 valence electrons. The number of aryl methyl sites for hydroxylation is 1. The van der Waals surface area contributed by atoms with Crippen molar-refractivity contribution in [3.63, 3.8) is 0 Å². The molecule has 1 aliphatic carbocycles. The van der Waals surface area contributed by atoms with Gasteiger partial charge in [0, 0.05) is 24.0 Å². The van der Waals surface area contributed by atoms with Gasteiger partial charge in [-0.2, -0.15) is 4.37 Å². The minimum Gasteiger partial charge on any atom is -0.353 e. The molecule has 0 bridgehead atoms. The number of nitrogens with one attached hydrogen (secondary N) is 1. The van der Waals surface area contributed by atoms with Crippen molar-refractivity contribution >= 4 is 16.7 Å². The zero-order valence-corrected chi connectivity index (χ0v) is 10.4. The fraction of sp³-hybridized carbons (Fsp3) is 0.600. The summed E-state index contributed by atoms with van der Waals surface area (Å²) in [5.41, 5.74) is 0. The molecule has 6 nitrogen and oxygen atoms in total. The lowest BCUT2D eigenvalue weighted by molar-refractivity contribution is 0.707.